The van der Waals surface area contributed by atoms with Crippen molar-refractivity contribution in [3.8, 4) is 6.07 Å². The average Bonchev–Trinajstić information content (AvgIpc) is 3.21. The summed E-state index contributed by atoms with van der Waals surface area (Å²) in [5.41, 5.74) is 0.0301. The van der Waals surface area contributed by atoms with E-state index >= 15 is 0 Å². The highest BCUT2D eigenvalue weighted by atomic mass is 32.2. The molecular formula is C19H18F3N3O2S. The summed E-state index contributed by atoms with van der Waals surface area (Å²) in [4.78, 5) is 0.213. The standard InChI is InChI=1S/C19H18F3N3O2S/c20-19(21,22)16-5-8-18(15(11-16)12-23)24-13-14-3-6-17(7-4-14)28(26,27)25-9-1-2-10-25/h3-8,11,24H,1-2,9-10,13H2. The number of rotatable bonds is 5. The number of nitrogens with one attached hydrogen (secondary N) is 1. The molecule has 1 aliphatic rings. The maximum absolute atomic E-state index is 12.8. The predicted molar refractivity (Wildman–Crippen MR) is 97.9 cm³/mol. The Bertz CT molecular complexity index is 991. The minimum atomic E-state index is -4.51. The lowest BCUT2D eigenvalue weighted by Crippen LogP contribution is -2.27. The molecule has 1 saturated heterocycles. The molecule has 1 N–H and O–H groups in total. The van der Waals surface area contributed by atoms with Crippen LogP contribution in [0.15, 0.2) is 47.4 Å². The average molecular weight is 409 g/mol. The number of nitriles is 1. The predicted octanol–water partition coefficient (Wildman–Crippen LogP) is 3.97. The normalized spacial score (nSPS) is 15.4. The second-order valence-electron chi connectivity index (χ2n) is 6.48. The molecule has 0 bridgehead atoms. The van der Waals surface area contributed by atoms with E-state index in [-0.39, 0.29) is 22.7 Å². The van der Waals surface area contributed by atoms with Crippen LogP contribution in [0.2, 0.25) is 0 Å². The van der Waals surface area contributed by atoms with Gasteiger partial charge in [0, 0.05) is 19.6 Å². The Morgan fingerprint density at radius 1 is 1.07 bits per heavy atom. The van der Waals surface area contributed by atoms with Crippen molar-refractivity contribution in [2.45, 2.75) is 30.5 Å². The third kappa shape index (κ3) is 4.29. The van der Waals surface area contributed by atoms with Gasteiger partial charge in [0.2, 0.25) is 10.0 Å². The van der Waals surface area contributed by atoms with Gasteiger partial charge in [0.25, 0.3) is 0 Å². The third-order valence-corrected chi connectivity index (χ3v) is 6.49. The second-order valence-corrected chi connectivity index (χ2v) is 8.42. The number of anilines is 1. The fourth-order valence-corrected chi connectivity index (χ4v) is 4.54. The van der Waals surface area contributed by atoms with Crippen LogP contribution >= 0.6 is 0 Å². The van der Waals surface area contributed by atoms with E-state index in [9.17, 15) is 21.6 Å². The van der Waals surface area contributed by atoms with Gasteiger partial charge >= 0.3 is 6.18 Å². The van der Waals surface area contributed by atoms with Gasteiger partial charge in [-0.1, -0.05) is 12.1 Å². The van der Waals surface area contributed by atoms with Crippen LogP contribution in [0.5, 0.6) is 0 Å². The minimum absolute atomic E-state index is 0.108. The fraction of sp³-hybridized carbons (Fsp3) is 0.316. The zero-order valence-electron chi connectivity index (χ0n) is 14.8. The molecule has 0 amide bonds. The molecule has 0 saturated carbocycles. The van der Waals surface area contributed by atoms with Gasteiger partial charge in [-0.25, -0.2) is 8.42 Å². The first-order valence-electron chi connectivity index (χ1n) is 8.66. The molecule has 0 spiro atoms. The number of halogens is 3. The van der Waals surface area contributed by atoms with Gasteiger partial charge in [-0.15, -0.1) is 0 Å². The Labute approximate surface area is 161 Å². The lowest BCUT2D eigenvalue weighted by Gasteiger charge is -2.16. The van der Waals surface area contributed by atoms with Crippen LogP contribution in [-0.2, 0) is 22.7 Å². The molecule has 0 aromatic heterocycles. The molecule has 0 unspecified atom stereocenters. The van der Waals surface area contributed by atoms with Crippen LogP contribution in [0.1, 0.15) is 29.5 Å². The molecule has 2 aromatic rings. The molecule has 1 fully saturated rings. The number of nitrogens with zero attached hydrogens (tertiary/aromatic N) is 2. The van der Waals surface area contributed by atoms with Crippen molar-refractivity contribution in [1.29, 1.82) is 5.26 Å². The van der Waals surface area contributed by atoms with Crippen molar-refractivity contribution in [1.82, 2.24) is 4.31 Å². The summed E-state index contributed by atoms with van der Waals surface area (Å²) in [6.07, 6.45) is -2.80. The zero-order valence-corrected chi connectivity index (χ0v) is 15.6. The van der Waals surface area contributed by atoms with E-state index in [2.05, 4.69) is 5.32 Å². The van der Waals surface area contributed by atoms with E-state index in [1.165, 1.54) is 22.5 Å². The quantitative estimate of drug-likeness (QED) is 0.811. The number of hydrogen-bond donors (Lipinski definition) is 1. The monoisotopic (exact) mass is 409 g/mol. The van der Waals surface area contributed by atoms with E-state index in [4.69, 9.17) is 5.26 Å². The van der Waals surface area contributed by atoms with E-state index < -0.39 is 21.8 Å². The largest absolute Gasteiger partial charge is 0.416 e. The molecule has 5 nitrogen and oxygen atoms in total. The van der Waals surface area contributed by atoms with Gasteiger partial charge in [0.15, 0.2) is 0 Å². The highest BCUT2D eigenvalue weighted by molar-refractivity contribution is 7.89. The second kappa shape index (κ2) is 7.81. The molecule has 0 radical (unpaired) electrons. The van der Waals surface area contributed by atoms with Crippen LogP contribution in [-0.4, -0.2) is 25.8 Å². The Morgan fingerprint density at radius 3 is 2.29 bits per heavy atom. The summed E-state index contributed by atoms with van der Waals surface area (Å²) in [5.74, 6) is 0. The van der Waals surface area contributed by atoms with Gasteiger partial charge in [0.1, 0.15) is 6.07 Å². The summed E-state index contributed by atoms with van der Waals surface area (Å²) in [6.45, 7) is 1.29. The van der Waals surface area contributed by atoms with E-state index in [1.54, 1.807) is 18.2 Å². The van der Waals surface area contributed by atoms with E-state index in [1.807, 2.05) is 0 Å². The molecule has 0 atom stereocenters. The Hall–Kier alpha value is -2.57. The molecule has 2 aromatic carbocycles. The SMILES string of the molecule is N#Cc1cc(C(F)(F)F)ccc1NCc1ccc(S(=O)(=O)N2CCCC2)cc1. The van der Waals surface area contributed by atoms with Crippen LogP contribution in [0.4, 0.5) is 18.9 Å². The first-order valence-corrected chi connectivity index (χ1v) is 10.1. The zero-order chi connectivity index (χ0) is 20.4. The van der Waals surface area contributed by atoms with Gasteiger partial charge in [-0.2, -0.15) is 22.7 Å². The van der Waals surface area contributed by atoms with E-state index in [0.717, 1.165) is 30.5 Å². The van der Waals surface area contributed by atoms with Gasteiger partial charge < -0.3 is 5.32 Å². The highest BCUT2D eigenvalue weighted by Gasteiger charge is 2.31. The highest BCUT2D eigenvalue weighted by Crippen LogP contribution is 2.31. The number of sulfonamides is 1. The molecule has 0 aliphatic carbocycles. The summed E-state index contributed by atoms with van der Waals surface area (Å²) in [7, 11) is -3.49. The summed E-state index contributed by atoms with van der Waals surface area (Å²) in [6, 6.07) is 11.0. The van der Waals surface area contributed by atoms with Crippen LogP contribution in [0, 0.1) is 11.3 Å². The fourth-order valence-electron chi connectivity index (χ4n) is 3.02. The lowest BCUT2D eigenvalue weighted by atomic mass is 10.1. The first kappa shape index (κ1) is 20.2. The Morgan fingerprint density at radius 2 is 1.71 bits per heavy atom. The topological polar surface area (TPSA) is 73.2 Å². The Kier molecular flexibility index (Phi) is 5.63. The molecule has 28 heavy (non-hydrogen) atoms. The lowest BCUT2D eigenvalue weighted by molar-refractivity contribution is -0.137. The van der Waals surface area contributed by atoms with Crippen molar-refractivity contribution in [2.24, 2.45) is 0 Å². The van der Waals surface area contributed by atoms with Crippen molar-refractivity contribution in [2.75, 3.05) is 18.4 Å². The van der Waals surface area contributed by atoms with Crippen molar-refractivity contribution in [3.63, 3.8) is 0 Å². The smallest absolute Gasteiger partial charge is 0.380 e. The summed E-state index contributed by atoms with van der Waals surface area (Å²) >= 11 is 0. The van der Waals surface area contributed by atoms with Crippen molar-refractivity contribution in [3.05, 3.63) is 59.2 Å². The first-order chi connectivity index (χ1) is 13.2. The summed E-state index contributed by atoms with van der Waals surface area (Å²) in [5, 5.41) is 12.0. The Balaban J connectivity index is 1.71. The number of alkyl halides is 3. The maximum atomic E-state index is 12.8. The molecule has 148 valence electrons. The summed E-state index contributed by atoms with van der Waals surface area (Å²) < 4.78 is 64.7. The van der Waals surface area contributed by atoms with Gasteiger partial charge in [-0.05, 0) is 48.7 Å². The van der Waals surface area contributed by atoms with Crippen LogP contribution in [0.3, 0.4) is 0 Å². The molecular weight excluding hydrogens is 391 g/mol. The number of benzene rings is 2. The third-order valence-electron chi connectivity index (χ3n) is 4.58. The molecule has 3 rings (SSSR count). The van der Waals surface area contributed by atoms with Gasteiger partial charge in [-0.3, -0.25) is 0 Å². The maximum Gasteiger partial charge on any atom is 0.416 e. The van der Waals surface area contributed by atoms with Crippen molar-refractivity contribution >= 4 is 15.7 Å². The van der Waals surface area contributed by atoms with Crippen LogP contribution < -0.4 is 5.32 Å². The molecule has 1 aliphatic heterocycles. The number of hydrogen-bond acceptors (Lipinski definition) is 4. The van der Waals surface area contributed by atoms with Crippen LogP contribution in [0.25, 0.3) is 0 Å². The molecule has 1 heterocycles. The van der Waals surface area contributed by atoms with E-state index in [0.29, 0.717) is 13.1 Å². The van der Waals surface area contributed by atoms with Crippen molar-refractivity contribution < 1.29 is 21.6 Å². The van der Waals surface area contributed by atoms with Gasteiger partial charge in [0.05, 0.1) is 21.7 Å². The minimum Gasteiger partial charge on any atom is -0.380 e. The molecule has 9 heteroatoms.